The molecule has 0 bridgehead atoms. The number of nitrogens with one attached hydrogen (secondary N) is 2. The van der Waals surface area contributed by atoms with E-state index in [1.165, 1.54) is 17.7 Å². The lowest BCUT2D eigenvalue weighted by Gasteiger charge is -2.20. The van der Waals surface area contributed by atoms with Gasteiger partial charge in [0.2, 0.25) is 0 Å². The number of benzene rings is 1. The quantitative estimate of drug-likeness (QED) is 0.446. The van der Waals surface area contributed by atoms with Crippen molar-refractivity contribution in [1.29, 1.82) is 5.26 Å². The molecule has 1 amide bonds. The van der Waals surface area contributed by atoms with Gasteiger partial charge in [-0.2, -0.15) is 5.26 Å². The second-order valence-electron chi connectivity index (χ2n) is 9.41. The topological polar surface area (TPSA) is 118 Å². The fourth-order valence-corrected chi connectivity index (χ4v) is 5.52. The number of pyridine rings is 1. The first-order valence-electron chi connectivity index (χ1n) is 12.2. The van der Waals surface area contributed by atoms with Gasteiger partial charge >= 0.3 is 5.97 Å². The van der Waals surface area contributed by atoms with E-state index >= 15 is 0 Å². The maximum atomic E-state index is 12.7. The van der Waals surface area contributed by atoms with E-state index in [4.69, 9.17) is 33.4 Å². The molecule has 2 atom stereocenters. The Balaban J connectivity index is 1.26. The van der Waals surface area contributed by atoms with E-state index in [0.717, 1.165) is 63.3 Å². The first kappa shape index (κ1) is 26.2. The lowest BCUT2D eigenvalue weighted by Crippen LogP contribution is -2.43. The average Bonchev–Trinajstić information content (AvgIpc) is 3.32. The van der Waals surface area contributed by atoms with Crippen LogP contribution in [0.2, 0.25) is 10.0 Å². The molecule has 190 valence electrons. The summed E-state index contributed by atoms with van der Waals surface area (Å²) in [5.41, 5.74) is 2.59. The summed E-state index contributed by atoms with van der Waals surface area (Å²) in [6, 6.07) is 7.81. The molecular weight excluding hydrogens is 501 g/mol. The number of fused-ring (bicyclic) bond motifs is 1. The van der Waals surface area contributed by atoms with Gasteiger partial charge in [-0.05, 0) is 74.8 Å². The Morgan fingerprint density at radius 3 is 2.81 bits per heavy atom. The molecule has 2 aliphatic rings. The summed E-state index contributed by atoms with van der Waals surface area (Å²) in [7, 11) is 0. The average molecular weight is 530 g/mol. The predicted molar refractivity (Wildman–Crippen MR) is 139 cm³/mol. The van der Waals surface area contributed by atoms with E-state index in [-0.39, 0.29) is 27.6 Å². The standard InChI is InChI=1S/C26H29Cl2N5O3/c27-20-12-17(14-29)13-21(28)23(20)25(34)32-22(26(35)36)8-11-33-10-7-16(15-33)3-5-19-6-4-18-2-1-9-30-24(18)31-19/h4,6,12-13,16,22H,1-3,5,7-11,15H2,(H,30,31)(H,32,34)(H,35,36)/t16-,22+/m1/s1. The highest BCUT2D eigenvalue weighted by atomic mass is 35.5. The molecule has 4 rings (SSSR count). The summed E-state index contributed by atoms with van der Waals surface area (Å²) < 4.78 is 0. The maximum absolute atomic E-state index is 12.7. The number of anilines is 1. The monoisotopic (exact) mass is 529 g/mol. The third-order valence-corrected chi connectivity index (χ3v) is 7.46. The van der Waals surface area contributed by atoms with Gasteiger partial charge in [0.05, 0.1) is 27.2 Å². The van der Waals surface area contributed by atoms with Gasteiger partial charge in [0, 0.05) is 25.3 Å². The van der Waals surface area contributed by atoms with Crippen LogP contribution in [0.25, 0.3) is 0 Å². The molecule has 0 unspecified atom stereocenters. The highest BCUT2D eigenvalue weighted by molar-refractivity contribution is 6.39. The van der Waals surface area contributed by atoms with Gasteiger partial charge in [0.1, 0.15) is 11.9 Å². The molecule has 1 aromatic carbocycles. The van der Waals surface area contributed by atoms with E-state index in [9.17, 15) is 14.7 Å². The van der Waals surface area contributed by atoms with Gasteiger partial charge in [-0.25, -0.2) is 9.78 Å². The number of halogens is 2. The van der Waals surface area contributed by atoms with Crippen LogP contribution in [0.4, 0.5) is 5.82 Å². The van der Waals surface area contributed by atoms with Gasteiger partial charge in [-0.3, -0.25) is 4.79 Å². The van der Waals surface area contributed by atoms with Crippen LogP contribution in [-0.4, -0.2) is 59.1 Å². The number of carboxylic acids is 1. The van der Waals surface area contributed by atoms with E-state index in [0.29, 0.717) is 12.5 Å². The number of carbonyl (C=O) groups excluding carboxylic acids is 1. The van der Waals surface area contributed by atoms with Crippen molar-refractivity contribution in [1.82, 2.24) is 15.2 Å². The number of rotatable bonds is 9. The maximum Gasteiger partial charge on any atom is 0.326 e. The molecule has 1 saturated heterocycles. The zero-order valence-electron chi connectivity index (χ0n) is 19.9. The highest BCUT2D eigenvalue weighted by Gasteiger charge is 2.27. The molecule has 3 N–H and O–H groups in total. The minimum absolute atomic E-state index is 0.00673. The van der Waals surface area contributed by atoms with Gasteiger partial charge in [0.25, 0.3) is 5.91 Å². The lowest BCUT2D eigenvalue weighted by molar-refractivity contribution is -0.139. The number of aromatic nitrogens is 1. The number of aryl methyl sites for hydroxylation is 2. The van der Waals surface area contributed by atoms with Crippen molar-refractivity contribution >= 4 is 40.9 Å². The van der Waals surface area contributed by atoms with Crippen LogP contribution in [0.5, 0.6) is 0 Å². The van der Waals surface area contributed by atoms with Crippen molar-refractivity contribution in [3.8, 4) is 6.07 Å². The van der Waals surface area contributed by atoms with Gasteiger partial charge in [-0.15, -0.1) is 0 Å². The summed E-state index contributed by atoms with van der Waals surface area (Å²) in [6.07, 6.45) is 5.51. The Hall–Kier alpha value is -2.86. The summed E-state index contributed by atoms with van der Waals surface area (Å²) >= 11 is 12.2. The van der Waals surface area contributed by atoms with Crippen molar-refractivity contribution in [2.45, 2.75) is 44.6 Å². The molecule has 0 radical (unpaired) electrons. The SMILES string of the molecule is N#Cc1cc(Cl)c(C(=O)N[C@@H](CCN2CC[C@@H](CCc3ccc4c(n3)NCCC4)C2)C(=O)O)c(Cl)c1. The third-order valence-electron chi connectivity index (χ3n) is 6.87. The number of amides is 1. The number of likely N-dealkylation sites (tertiary alicyclic amines) is 1. The largest absolute Gasteiger partial charge is 0.480 e. The summed E-state index contributed by atoms with van der Waals surface area (Å²) in [5, 5.41) is 24.6. The number of hydrogen-bond acceptors (Lipinski definition) is 6. The molecule has 0 spiro atoms. The van der Waals surface area contributed by atoms with Gasteiger partial charge in [0.15, 0.2) is 0 Å². The minimum atomic E-state index is -1.12. The van der Waals surface area contributed by atoms with Crippen LogP contribution >= 0.6 is 23.2 Å². The molecule has 2 aliphatic heterocycles. The van der Waals surface area contributed by atoms with Crippen molar-refractivity contribution in [2.24, 2.45) is 5.92 Å². The molecule has 0 aliphatic carbocycles. The summed E-state index contributed by atoms with van der Waals surface area (Å²) in [6.45, 7) is 3.34. The van der Waals surface area contributed by atoms with Crippen LogP contribution in [0.1, 0.15) is 52.9 Å². The molecule has 1 aromatic heterocycles. The number of aliphatic carboxylic acids is 1. The number of nitrogens with zero attached hydrogens (tertiary/aromatic N) is 3. The Morgan fingerprint density at radius 2 is 2.08 bits per heavy atom. The van der Waals surface area contributed by atoms with E-state index in [1.54, 1.807) is 0 Å². The number of hydrogen-bond donors (Lipinski definition) is 3. The van der Waals surface area contributed by atoms with Crippen molar-refractivity contribution in [3.63, 3.8) is 0 Å². The molecule has 1 fully saturated rings. The predicted octanol–water partition coefficient (Wildman–Crippen LogP) is 4.15. The summed E-state index contributed by atoms with van der Waals surface area (Å²) in [5.74, 6) is -0.234. The third kappa shape index (κ3) is 6.47. The normalized spacial score (nSPS) is 18.1. The van der Waals surface area contributed by atoms with Crippen LogP contribution in [0.15, 0.2) is 24.3 Å². The van der Waals surface area contributed by atoms with Crippen LogP contribution in [0.3, 0.4) is 0 Å². The molecule has 36 heavy (non-hydrogen) atoms. The molecule has 10 heteroatoms. The van der Waals surface area contributed by atoms with E-state index in [2.05, 4.69) is 27.7 Å². The van der Waals surface area contributed by atoms with E-state index in [1.807, 2.05) is 6.07 Å². The first-order chi connectivity index (χ1) is 17.3. The lowest BCUT2D eigenvalue weighted by atomic mass is 10.00. The first-order valence-corrected chi connectivity index (χ1v) is 13.0. The van der Waals surface area contributed by atoms with Crippen molar-refractivity contribution < 1.29 is 14.7 Å². The Morgan fingerprint density at radius 1 is 1.31 bits per heavy atom. The fraction of sp³-hybridized carbons (Fsp3) is 0.462. The van der Waals surface area contributed by atoms with Gasteiger partial charge in [-0.1, -0.05) is 29.3 Å². The van der Waals surface area contributed by atoms with Crippen molar-refractivity contribution in [2.75, 3.05) is 31.5 Å². The zero-order chi connectivity index (χ0) is 25.7. The van der Waals surface area contributed by atoms with E-state index < -0.39 is 17.9 Å². The molecule has 2 aromatic rings. The van der Waals surface area contributed by atoms with Crippen molar-refractivity contribution in [3.05, 3.63) is 56.7 Å². The Labute approximate surface area is 220 Å². The summed E-state index contributed by atoms with van der Waals surface area (Å²) in [4.78, 5) is 31.5. The number of carbonyl (C=O) groups is 2. The second kappa shape index (κ2) is 11.9. The molecule has 8 nitrogen and oxygen atoms in total. The van der Waals surface area contributed by atoms with Crippen LogP contribution in [0, 0.1) is 17.2 Å². The van der Waals surface area contributed by atoms with Crippen LogP contribution in [-0.2, 0) is 17.6 Å². The minimum Gasteiger partial charge on any atom is -0.480 e. The zero-order valence-corrected chi connectivity index (χ0v) is 21.4. The number of nitriles is 1. The fourth-order valence-electron chi connectivity index (χ4n) is 4.87. The smallest absolute Gasteiger partial charge is 0.326 e. The van der Waals surface area contributed by atoms with Gasteiger partial charge < -0.3 is 20.6 Å². The van der Waals surface area contributed by atoms with Crippen LogP contribution < -0.4 is 10.6 Å². The highest BCUT2D eigenvalue weighted by Crippen LogP contribution is 2.27. The molecular formula is C26H29Cl2N5O3. The Bertz CT molecular complexity index is 1160. The second-order valence-corrected chi connectivity index (χ2v) is 10.2. The molecule has 0 saturated carbocycles. The Kier molecular flexibility index (Phi) is 8.68. The number of carboxylic acid groups (broad SMARTS) is 1. The molecule has 3 heterocycles.